The van der Waals surface area contributed by atoms with Gasteiger partial charge in [0.1, 0.15) is 0 Å². The highest BCUT2D eigenvalue weighted by molar-refractivity contribution is 7.73. The van der Waals surface area contributed by atoms with Gasteiger partial charge in [-0.05, 0) is 88.1 Å². The lowest BCUT2D eigenvalue weighted by Gasteiger charge is -2.33. The van der Waals surface area contributed by atoms with E-state index >= 15 is 0 Å². The first-order valence-electron chi connectivity index (χ1n) is 12.8. The fraction of sp³-hybridized carbons (Fsp3) is 0.281. The third kappa shape index (κ3) is 5.25. The predicted octanol–water partition coefficient (Wildman–Crippen LogP) is 7.02. The number of aromatic nitrogens is 1. The molecule has 178 valence electrons. The van der Waals surface area contributed by atoms with E-state index in [1.165, 1.54) is 52.0 Å². The van der Waals surface area contributed by atoms with Gasteiger partial charge < -0.3 is 0 Å². The fourth-order valence-corrected chi connectivity index (χ4v) is 8.16. The quantitative estimate of drug-likeness (QED) is 0.265. The van der Waals surface area contributed by atoms with Crippen molar-refractivity contribution in [3.63, 3.8) is 0 Å². The summed E-state index contributed by atoms with van der Waals surface area (Å²) in [6.45, 7) is 7.87. The second-order valence-electron chi connectivity index (χ2n) is 9.71. The minimum absolute atomic E-state index is 0.301. The molecule has 0 N–H and O–H groups in total. The molecular weight excluding hydrogens is 443 g/mol. The number of likely N-dealkylation sites (tertiary alicyclic amines) is 1. The van der Waals surface area contributed by atoms with Gasteiger partial charge in [0.2, 0.25) is 0 Å². The van der Waals surface area contributed by atoms with Gasteiger partial charge in [0.05, 0.1) is 11.4 Å². The second kappa shape index (κ2) is 10.9. The van der Waals surface area contributed by atoms with E-state index in [9.17, 15) is 0 Å². The van der Waals surface area contributed by atoms with Crippen molar-refractivity contribution in [3.8, 4) is 11.3 Å². The number of pyridine rings is 1. The zero-order valence-corrected chi connectivity index (χ0v) is 22.0. The normalized spacial score (nSPS) is 17.1. The lowest BCUT2D eigenvalue weighted by atomic mass is 9.99. The number of hydrogen-bond acceptors (Lipinski definition) is 2. The van der Waals surface area contributed by atoms with Crippen LogP contribution in [-0.2, 0) is 0 Å². The highest BCUT2D eigenvalue weighted by Crippen LogP contribution is 2.40. The molecule has 0 aliphatic carbocycles. The Balaban J connectivity index is 1.42. The number of aryl methyl sites for hydroxylation is 2. The Morgan fingerprint density at radius 3 is 2.03 bits per heavy atom. The first kappa shape index (κ1) is 23.9. The molecule has 1 fully saturated rings. The van der Waals surface area contributed by atoms with Crippen LogP contribution in [0, 0.1) is 13.8 Å². The van der Waals surface area contributed by atoms with Crippen LogP contribution in [-0.4, -0.2) is 28.6 Å². The van der Waals surface area contributed by atoms with Crippen LogP contribution in [0.15, 0.2) is 97.1 Å². The van der Waals surface area contributed by atoms with Crippen LogP contribution in [0.3, 0.4) is 0 Å². The Bertz CT molecular complexity index is 1200. The molecule has 0 spiro atoms. The smallest absolute Gasteiger partial charge is 0.0711 e. The topological polar surface area (TPSA) is 16.1 Å². The SMILES string of the molecule is Cc1cccc(C)c1-c1cccc([C@H](C)N2CCC[C@H]2CP(c2ccccc2)c2ccccc2)n1. The number of rotatable bonds is 7. The van der Waals surface area contributed by atoms with Gasteiger partial charge in [-0.2, -0.15) is 0 Å². The van der Waals surface area contributed by atoms with E-state index < -0.39 is 7.92 Å². The van der Waals surface area contributed by atoms with E-state index in [1.807, 2.05) is 0 Å². The highest BCUT2D eigenvalue weighted by atomic mass is 31.1. The Morgan fingerprint density at radius 2 is 1.40 bits per heavy atom. The summed E-state index contributed by atoms with van der Waals surface area (Å²) in [5.41, 5.74) is 6.13. The number of hydrogen-bond donors (Lipinski definition) is 0. The van der Waals surface area contributed by atoms with E-state index in [-0.39, 0.29) is 0 Å². The molecule has 3 heteroatoms. The molecule has 3 aromatic carbocycles. The van der Waals surface area contributed by atoms with Crippen molar-refractivity contribution in [1.82, 2.24) is 9.88 Å². The average molecular weight is 479 g/mol. The van der Waals surface area contributed by atoms with Crippen molar-refractivity contribution in [2.45, 2.75) is 45.7 Å². The average Bonchev–Trinajstić information content (AvgIpc) is 3.36. The van der Waals surface area contributed by atoms with Crippen molar-refractivity contribution in [2.75, 3.05) is 12.7 Å². The number of nitrogens with zero attached hydrogens (tertiary/aromatic N) is 2. The molecule has 2 heterocycles. The minimum atomic E-state index is -0.395. The van der Waals surface area contributed by atoms with E-state index in [0.717, 1.165) is 12.2 Å². The monoisotopic (exact) mass is 478 g/mol. The summed E-state index contributed by atoms with van der Waals surface area (Å²) in [7, 11) is -0.395. The van der Waals surface area contributed by atoms with Crippen LogP contribution in [0.4, 0.5) is 0 Å². The molecule has 0 unspecified atom stereocenters. The Kier molecular flexibility index (Phi) is 7.42. The maximum atomic E-state index is 5.20. The maximum absolute atomic E-state index is 5.20. The van der Waals surface area contributed by atoms with Gasteiger partial charge in [0.25, 0.3) is 0 Å². The highest BCUT2D eigenvalue weighted by Gasteiger charge is 2.32. The van der Waals surface area contributed by atoms with Gasteiger partial charge in [-0.25, -0.2) is 0 Å². The molecule has 1 saturated heterocycles. The van der Waals surface area contributed by atoms with Gasteiger partial charge in [0.15, 0.2) is 0 Å². The molecule has 35 heavy (non-hydrogen) atoms. The largest absolute Gasteiger partial charge is 0.292 e. The molecule has 4 aromatic rings. The first-order valence-corrected chi connectivity index (χ1v) is 14.3. The summed E-state index contributed by atoms with van der Waals surface area (Å²) < 4.78 is 0. The molecule has 0 bridgehead atoms. The summed E-state index contributed by atoms with van der Waals surface area (Å²) in [6.07, 6.45) is 3.72. The molecule has 5 rings (SSSR count). The van der Waals surface area contributed by atoms with Crippen LogP contribution < -0.4 is 10.6 Å². The van der Waals surface area contributed by atoms with Crippen LogP contribution in [0.2, 0.25) is 0 Å². The second-order valence-corrected chi connectivity index (χ2v) is 12.0. The van der Waals surface area contributed by atoms with Crippen molar-refractivity contribution >= 4 is 18.5 Å². The predicted molar refractivity (Wildman–Crippen MR) is 151 cm³/mol. The van der Waals surface area contributed by atoms with E-state index in [1.54, 1.807) is 0 Å². The lowest BCUT2D eigenvalue weighted by molar-refractivity contribution is 0.203. The summed E-state index contributed by atoms with van der Waals surface area (Å²) >= 11 is 0. The van der Waals surface area contributed by atoms with Crippen molar-refractivity contribution < 1.29 is 0 Å². The Morgan fingerprint density at radius 1 is 0.800 bits per heavy atom. The van der Waals surface area contributed by atoms with Crippen LogP contribution in [0.1, 0.15) is 42.6 Å². The molecule has 1 aromatic heterocycles. The van der Waals surface area contributed by atoms with Gasteiger partial charge in [-0.15, -0.1) is 0 Å². The zero-order chi connectivity index (χ0) is 24.2. The third-order valence-electron chi connectivity index (χ3n) is 7.39. The maximum Gasteiger partial charge on any atom is 0.0711 e. The van der Waals surface area contributed by atoms with Crippen molar-refractivity contribution in [3.05, 3.63) is 114 Å². The molecular formula is C32H35N2P. The van der Waals surface area contributed by atoms with Crippen LogP contribution in [0.25, 0.3) is 11.3 Å². The standard InChI is InChI=1S/C32H35N2P/c1-24-13-10-14-25(2)32(24)31-21-11-20-30(33-31)26(3)34-22-12-15-27(34)23-35(28-16-6-4-7-17-28)29-18-8-5-9-19-29/h4-11,13-14,16-21,26-27H,12,15,22-23H2,1-3H3/t26-,27-/m0/s1. The van der Waals surface area contributed by atoms with Gasteiger partial charge in [-0.1, -0.05) is 84.9 Å². The summed E-state index contributed by atoms with van der Waals surface area (Å²) in [5, 5.41) is 2.95. The third-order valence-corrected chi connectivity index (χ3v) is 10.0. The molecule has 0 saturated carbocycles. The molecule has 2 nitrogen and oxygen atoms in total. The van der Waals surface area contributed by atoms with Gasteiger partial charge >= 0.3 is 0 Å². The first-order chi connectivity index (χ1) is 17.1. The van der Waals surface area contributed by atoms with Crippen molar-refractivity contribution in [2.24, 2.45) is 0 Å². The summed E-state index contributed by atoms with van der Waals surface area (Å²) in [6, 6.07) is 36.2. The molecule has 2 atom stereocenters. The Hall–Kier alpha value is -2.80. The summed E-state index contributed by atoms with van der Waals surface area (Å²) in [4.78, 5) is 7.92. The minimum Gasteiger partial charge on any atom is -0.292 e. The number of benzene rings is 3. The molecule has 1 aliphatic rings. The zero-order valence-electron chi connectivity index (χ0n) is 21.1. The molecule has 0 radical (unpaired) electrons. The lowest BCUT2D eigenvalue weighted by Crippen LogP contribution is -2.36. The van der Waals surface area contributed by atoms with Crippen LogP contribution in [0.5, 0.6) is 0 Å². The van der Waals surface area contributed by atoms with Gasteiger partial charge in [-0.3, -0.25) is 9.88 Å². The summed E-state index contributed by atoms with van der Waals surface area (Å²) in [5.74, 6) is 0. The van der Waals surface area contributed by atoms with Crippen molar-refractivity contribution in [1.29, 1.82) is 0 Å². The van der Waals surface area contributed by atoms with E-state index in [0.29, 0.717) is 12.1 Å². The molecule has 1 aliphatic heterocycles. The fourth-order valence-electron chi connectivity index (χ4n) is 5.56. The van der Waals surface area contributed by atoms with E-state index in [2.05, 4.69) is 123 Å². The molecule has 0 amide bonds. The van der Waals surface area contributed by atoms with E-state index in [4.69, 9.17) is 4.98 Å². The van der Waals surface area contributed by atoms with Gasteiger partial charge in [0, 0.05) is 17.6 Å². The Labute approximate surface area is 211 Å². The van der Waals surface area contributed by atoms with Crippen LogP contribution >= 0.6 is 7.92 Å².